The molecule has 2 saturated heterocycles. The maximum atomic E-state index is 12.5. The smallest absolute Gasteiger partial charge is 0.313 e. The number of carboxylic acid groups (broad SMARTS) is 1. The number of rotatable bonds is 4. The number of amides is 1. The van der Waals surface area contributed by atoms with Crippen LogP contribution in [-0.2, 0) is 22.6 Å². The number of fused-ring (bicyclic) bond motifs is 1. The van der Waals surface area contributed by atoms with Gasteiger partial charge in [-0.05, 0) is 13.3 Å². The summed E-state index contributed by atoms with van der Waals surface area (Å²) >= 11 is 1.60. The Labute approximate surface area is 127 Å². The average Bonchev–Trinajstić information content (AvgIpc) is 3.07. The van der Waals surface area contributed by atoms with Crippen LogP contribution in [0, 0.1) is 18.3 Å². The SMILES string of the molecule is CCc1nc(C)sc1CN1C[C@]2(C(=O)O)CNC[C@@H]2C1=O. The first kappa shape index (κ1) is 14.5. The molecule has 114 valence electrons. The second-order valence-electron chi connectivity index (χ2n) is 5.80. The fraction of sp³-hybridized carbons (Fsp3) is 0.643. The Morgan fingerprint density at radius 3 is 3.00 bits per heavy atom. The summed E-state index contributed by atoms with van der Waals surface area (Å²) < 4.78 is 0. The van der Waals surface area contributed by atoms with E-state index >= 15 is 0 Å². The van der Waals surface area contributed by atoms with Crippen molar-refractivity contribution in [1.82, 2.24) is 15.2 Å². The number of nitrogens with one attached hydrogen (secondary N) is 1. The lowest BCUT2D eigenvalue weighted by atomic mass is 9.81. The van der Waals surface area contributed by atoms with Crippen LogP contribution in [-0.4, -0.2) is 46.5 Å². The lowest BCUT2D eigenvalue weighted by molar-refractivity contribution is -0.149. The molecule has 6 nitrogen and oxygen atoms in total. The van der Waals surface area contributed by atoms with E-state index in [1.165, 1.54) is 0 Å². The molecule has 1 aromatic rings. The van der Waals surface area contributed by atoms with Crippen molar-refractivity contribution in [3.8, 4) is 0 Å². The van der Waals surface area contributed by atoms with E-state index in [1.54, 1.807) is 16.2 Å². The zero-order valence-corrected chi connectivity index (χ0v) is 13.0. The van der Waals surface area contributed by atoms with Crippen LogP contribution in [0.1, 0.15) is 22.5 Å². The van der Waals surface area contributed by atoms with Crippen molar-refractivity contribution in [2.75, 3.05) is 19.6 Å². The summed E-state index contributed by atoms with van der Waals surface area (Å²) in [6.07, 6.45) is 0.830. The number of thiazole rings is 1. The molecule has 7 heteroatoms. The molecule has 0 aliphatic carbocycles. The van der Waals surface area contributed by atoms with Gasteiger partial charge >= 0.3 is 5.97 Å². The molecule has 3 rings (SSSR count). The number of carbonyl (C=O) groups is 2. The van der Waals surface area contributed by atoms with Crippen molar-refractivity contribution in [2.45, 2.75) is 26.8 Å². The van der Waals surface area contributed by atoms with Crippen LogP contribution in [0.2, 0.25) is 0 Å². The number of carbonyl (C=O) groups excluding carboxylic acids is 1. The zero-order chi connectivity index (χ0) is 15.2. The van der Waals surface area contributed by atoms with Gasteiger partial charge in [0.05, 0.1) is 23.2 Å². The maximum absolute atomic E-state index is 12.5. The molecule has 2 aliphatic rings. The van der Waals surface area contributed by atoms with E-state index in [0.29, 0.717) is 26.2 Å². The van der Waals surface area contributed by atoms with Crippen molar-refractivity contribution in [1.29, 1.82) is 0 Å². The van der Waals surface area contributed by atoms with Crippen LogP contribution in [0.15, 0.2) is 0 Å². The first-order valence-electron chi connectivity index (χ1n) is 7.16. The number of carboxylic acids is 1. The molecule has 0 unspecified atom stereocenters. The van der Waals surface area contributed by atoms with Gasteiger partial charge in [0.1, 0.15) is 5.41 Å². The second kappa shape index (κ2) is 5.06. The summed E-state index contributed by atoms with van der Waals surface area (Å²) in [5, 5.41) is 13.6. The molecule has 0 aromatic carbocycles. The minimum atomic E-state index is -0.955. The third-order valence-corrected chi connectivity index (χ3v) is 5.52. The van der Waals surface area contributed by atoms with E-state index in [-0.39, 0.29) is 5.91 Å². The number of likely N-dealkylation sites (tertiary alicyclic amines) is 1. The predicted molar refractivity (Wildman–Crippen MR) is 78.1 cm³/mol. The molecule has 1 amide bonds. The van der Waals surface area contributed by atoms with Gasteiger partial charge in [0, 0.05) is 24.5 Å². The van der Waals surface area contributed by atoms with Gasteiger partial charge in [-0.15, -0.1) is 11.3 Å². The highest BCUT2D eigenvalue weighted by atomic mass is 32.1. The highest BCUT2D eigenvalue weighted by Gasteiger charge is 2.59. The van der Waals surface area contributed by atoms with Crippen molar-refractivity contribution in [3.05, 3.63) is 15.6 Å². The molecule has 1 aromatic heterocycles. The monoisotopic (exact) mass is 309 g/mol. The van der Waals surface area contributed by atoms with E-state index in [0.717, 1.165) is 22.0 Å². The molecule has 2 aliphatic heterocycles. The van der Waals surface area contributed by atoms with E-state index < -0.39 is 17.3 Å². The molecule has 2 atom stereocenters. The minimum absolute atomic E-state index is 0.0458. The number of aromatic nitrogens is 1. The van der Waals surface area contributed by atoms with Crippen LogP contribution < -0.4 is 5.32 Å². The van der Waals surface area contributed by atoms with Crippen LogP contribution >= 0.6 is 11.3 Å². The molecule has 0 radical (unpaired) electrons. The van der Waals surface area contributed by atoms with Crippen molar-refractivity contribution in [2.24, 2.45) is 11.3 Å². The van der Waals surface area contributed by atoms with Gasteiger partial charge < -0.3 is 15.3 Å². The molecule has 0 saturated carbocycles. The fourth-order valence-corrected chi connectivity index (χ4v) is 4.44. The summed E-state index contributed by atoms with van der Waals surface area (Å²) in [4.78, 5) is 31.4. The standard InChI is InChI=1S/C14H19N3O3S/c1-3-10-11(21-8(2)16-10)5-17-7-14(13(19)20)6-15-4-9(14)12(17)18/h9,15H,3-7H2,1-2H3,(H,19,20)/t9-,14-/m1/s1. The largest absolute Gasteiger partial charge is 0.481 e. The minimum Gasteiger partial charge on any atom is -0.481 e. The molecule has 3 heterocycles. The van der Waals surface area contributed by atoms with Gasteiger partial charge in [-0.1, -0.05) is 6.92 Å². The Morgan fingerprint density at radius 1 is 1.62 bits per heavy atom. The van der Waals surface area contributed by atoms with Crippen LogP contribution in [0.3, 0.4) is 0 Å². The molecule has 0 spiro atoms. The van der Waals surface area contributed by atoms with Crippen LogP contribution in [0.5, 0.6) is 0 Å². The van der Waals surface area contributed by atoms with E-state index in [1.807, 2.05) is 13.8 Å². The molecule has 0 bridgehead atoms. The summed E-state index contributed by atoms with van der Waals surface area (Å²) in [5.74, 6) is -1.35. The van der Waals surface area contributed by atoms with Crippen LogP contribution in [0.4, 0.5) is 0 Å². The average molecular weight is 309 g/mol. The molecule has 2 fully saturated rings. The Morgan fingerprint density at radius 2 is 2.38 bits per heavy atom. The third-order valence-electron chi connectivity index (χ3n) is 4.52. The van der Waals surface area contributed by atoms with Crippen molar-refractivity contribution in [3.63, 3.8) is 0 Å². The number of hydrogen-bond acceptors (Lipinski definition) is 5. The van der Waals surface area contributed by atoms with E-state index in [9.17, 15) is 14.7 Å². The molecule has 21 heavy (non-hydrogen) atoms. The van der Waals surface area contributed by atoms with Gasteiger partial charge in [-0.3, -0.25) is 9.59 Å². The Bertz CT molecular complexity index is 600. The van der Waals surface area contributed by atoms with Crippen molar-refractivity contribution < 1.29 is 14.7 Å². The van der Waals surface area contributed by atoms with Gasteiger partial charge in [0.25, 0.3) is 0 Å². The summed E-state index contributed by atoms with van der Waals surface area (Å²) in [6.45, 7) is 5.61. The number of hydrogen-bond donors (Lipinski definition) is 2. The van der Waals surface area contributed by atoms with Gasteiger partial charge in [0.2, 0.25) is 5.91 Å². The lowest BCUT2D eigenvalue weighted by Crippen LogP contribution is -2.40. The highest BCUT2D eigenvalue weighted by Crippen LogP contribution is 2.41. The highest BCUT2D eigenvalue weighted by molar-refractivity contribution is 7.11. The number of nitrogens with zero attached hydrogens (tertiary/aromatic N) is 2. The van der Waals surface area contributed by atoms with Gasteiger partial charge in [-0.25, -0.2) is 4.98 Å². The quantitative estimate of drug-likeness (QED) is 0.853. The number of aryl methyl sites for hydroxylation is 2. The predicted octanol–water partition coefficient (Wildman–Crippen LogP) is 0.647. The Balaban J connectivity index is 1.85. The zero-order valence-electron chi connectivity index (χ0n) is 12.2. The topological polar surface area (TPSA) is 82.5 Å². The normalized spacial score (nSPS) is 28.2. The molecular formula is C14H19N3O3S. The van der Waals surface area contributed by atoms with Crippen LogP contribution in [0.25, 0.3) is 0 Å². The van der Waals surface area contributed by atoms with Gasteiger partial charge in [-0.2, -0.15) is 0 Å². The van der Waals surface area contributed by atoms with E-state index in [2.05, 4.69) is 10.3 Å². The Hall–Kier alpha value is -1.47. The third kappa shape index (κ3) is 2.15. The maximum Gasteiger partial charge on any atom is 0.313 e. The van der Waals surface area contributed by atoms with Gasteiger partial charge in [0.15, 0.2) is 0 Å². The fourth-order valence-electron chi connectivity index (χ4n) is 3.40. The molecular weight excluding hydrogens is 290 g/mol. The Kier molecular flexibility index (Phi) is 3.49. The number of aliphatic carboxylic acids is 1. The second-order valence-corrected chi connectivity index (χ2v) is 7.08. The summed E-state index contributed by atoms with van der Waals surface area (Å²) in [7, 11) is 0. The first-order valence-corrected chi connectivity index (χ1v) is 7.97. The summed E-state index contributed by atoms with van der Waals surface area (Å²) in [6, 6.07) is 0. The summed E-state index contributed by atoms with van der Waals surface area (Å²) in [5.41, 5.74) is 0.0632. The lowest BCUT2D eigenvalue weighted by Gasteiger charge is -2.22. The molecule has 2 N–H and O–H groups in total. The van der Waals surface area contributed by atoms with Crippen molar-refractivity contribution >= 4 is 23.2 Å². The van der Waals surface area contributed by atoms with E-state index in [4.69, 9.17) is 0 Å². The first-order chi connectivity index (χ1) is 9.98.